The Balaban J connectivity index is 1.30. The standard InChI is InChI=1S/C21H20F2N4O2/c22-15-1-2-17(18(23)13-15)19-14-25-20(29-19)3-4-21(28)27-11-9-26(10-12-27)16-5-7-24-8-6-16/h1-2,5-8,13-14H,3-4,9-12H2. The Bertz CT molecular complexity index is 985. The highest BCUT2D eigenvalue weighted by Crippen LogP contribution is 2.24. The van der Waals surface area contributed by atoms with Crippen LogP contribution < -0.4 is 4.90 Å². The molecule has 0 aliphatic carbocycles. The van der Waals surface area contributed by atoms with Gasteiger partial charge in [-0.2, -0.15) is 0 Å². The molecule has 1 fully saturated rings. The number of carbonyl (C=O) groups is 1. The third-order valence-electron chi connectivity index (χ3n) is 4.96. The Morgan fingerprint density at radius 1 is 1.07 bits per heavy atom. The highest BCUT2D eigenvalue weighted by molar-refractivity contribution is 5.76. The van der Waals surface area contributed by atoms with E-state index in [1.165, 1.54) is 12.3 Å². The third kappa shape index (κ3) is 4.42. The number of benzene rings is 1. The monoisotopic (exact) mass is 398 g/mol. The van der Waals surface area contributed by atoms with Crippen molar-refractivity contribution in [3.05, 3.63) is 66.4 Å². The molecule has 6 nitrogen and oxygen atoms in total. The zero-order chi connectivity index (χ0) is 20.2. The number of amides is 1. The lowest BCUT2D eigenvalue weighted by Crippen LogP contribution is -2.48. The molecule has 0 saturated carbocycles. The van der Waals surface area contributed by atoms with Crippen molar-refractivity contribution in [2.45, 2.75) is 12.8 Å². The Morgan fingerprint density at radius 2 is 1.83 bits per heavy atom. The molecule has 1 aliphatic heterocycles. The fourth-order valence-electron chi connectivity index (χ4n) is 3.38. The smallest absolute Gasteiger partial charge is 0.223 e. The number of rotatable bonds is 5. The third-order valence-corrected chi connectivity index (χ3v) is 4.96. The van der Waals surface area contributed by atoms with Gasteiger partial charge in [0, 0.05) is 63.2 Å². The number of anilines is 1. The van der Waals surface area contributed by atoms with Crippen LogP contribution in [0.15, 0.2) is 53.3 Å². The maximum absolute atomic E-state index is 13.9. The lowest BCUT2D eigenvalue weighted by Gasteiger charge is -2.36. The number of oxazole rings is 1. The van der Waals surface area contributed by atoms with E-state index >= 15 is 0 Å². The number of carbonyl (C=O) groups excluding carboxylic acids is 1. The number of hydrogen-bond donors (Lipinski definition) is 0. The van der Waals surface area contributed by atoms with E-state index in [1.54, 1.807) is 12.4 Å². The van der Waals surface area contributed by atoms with E-state index in [9.17, 15) is 13.6 Å². The summed E-state index contributed by atoms with van der Waals surface area (Å²) in [7, 11) is 0. The van der Waals surface area contributed by atoms with Crippen LogP contribution in [0.5, 0.6) is 0 Å². The number of aromatic nitrogens is 2. The first-order valence-electron chi connectivity index (χ1n) is 9.43. The summed E-state index contributed by atoms with van der Waals surface area (Å²) >= 11 is 0. The Kier molecular flexibility index (Phi) is 5.50. The Labute approximate surface area is 166 Å². The number of aryl methyl sites for hydroxylation is 1. The van der Waals surface area contributed by atoms with Crippen LogP contribution in [0, 0.1) is 11.6 Å². The number of hydrogen-bond acceptors (Lipinski definition) is 5. The van der Waals surface area contributed by atoms with Gasteiger partial charge in [-0.05, 0) is 24.3 Å². The zero-order valence-corrected chi connectivity index (χ0v) is 15.7. The second kappa shape index (κ2) is 8.38. The van der Waals surface area contributed by atoms with Gasteiger partial charge >= 0.3 is 0 Å². The zero-order valence-electron chi connectivity index (χ0n) is 15.7. The van der Waals surface area contributed by atoms with Crippen molar-refractivity contribution in [1.29, 1.82) is 0 Å². The molecule has 1 aliphatic rings. The summed E-state index contributed by atoms with van der Waals surface area (Å²) in [5.74, 6) is -0.757. The normalized spacial score (nSPS) is 14.3. The number of pyridine rings is 1. The molecule has 150 valence electrons. The van der Waals surface area contributed by atoms with Crippen LogP contribution in [0.2, 0.25) is 0 Å². The van der Waals surface area contributed by atoms with Crippen molar-refractivity contribution in [2.75, 3.05) is 31.1 Å². The molecule has 0 bridgehead atoms. The van der Waals surface area contributed by atoms with Gasteiger partial charge < -0.3 is 14.2 Å². The van der Waals surface area contributed by atoms with Crippen molar-refractivity contribution in [2.24, 2.45) is 0 Å². The molecule has 1 amide bonds. The van der Waals surface area contributed by atoms with Crippen LogP contribution in [0.3, 0.4) is 0 Å². The minimum absolute atomic E-state index is 0.0343. The molecule has 3 aromatic rings. The van der Waals surface area contributed by atoms with E-state index in [-0.39, 0.29) is 23.7 Å². The number of nitrogens with zero attached hydrogens (tertiary/aromatic N) is 4. The molecule has 29 heavy (non-hydrogen) atoms. The second-order valence-electron chi connectivity index (χ2n) is 6.82. The highest BCUT2D eigenvalue weighted by Gasteiger charge is 2.22. The number of piperazine rings is 1. The number of halogens is 2. The van der Waals surface area contributed by atoms with Crippen LogP contribution in [0.1, 0.15) is 12.3 Å². The summed E-state index contributed by atoms with van der Waals surface area (Å²) in [5, 5.41) is 0. The maximum Gasteiger partial charge on any atom is 0.223 e. The molecule has 3 heterocycles. The minimum Gasteiger partial charge on any atom is -0.441 e. The van der Waals surface area contributed by atoms with Crippen LogP contribution in [-0.2, 0) is 11.2 Å². The molecule has 0 unspecified atom stereocenters. The quantitative estimate of drug-likeness (QED) is 0.660. The van der Waals surface area contributed by atoms with Crippen molar-refractivity contribution >= 4 is 11.6 Å². The fraction of sp³-hybridized carbons (Fsp3) is 0.286. The van der Waals surface area contributed by atoms with Gasteiger partial charge in [-0.15, -0.1) is 0 Å². The Hall–Kier alpha value is -3.29. The van der Waals surface area contributed by atoms with Crippen LogP contribution in [0.4, 0.5) is 14.5 Å². The summed E-state index contributed by atoms with van der Waals surface area (Å²) in [5.41, 5.74) is 1.25. The molecule has 4 rings (SSSR count). The van der Waals surface area contributed by atoms with E-state index in [2.05, 4.69) is 14.9 Å². The van der Waals surface area contributed by atoms with Gasteiger partial charge in [0.2, 0.25) is 5.91 Å². The molecule has 0 spiro atoms. The SMILES string of the molecule is O=C(CCc1ncc(-c2ccc(F)cc2F)o1)N1CCN(c2ccncc2)CC1. The highest BCUT2D eigenvalue weighted by atomic mass is 19.1. The second-order valence-corrected chi connectivity index (χ2v) is 6.82. The lowest BCUT2D eigenvalue weighted by atomic mass is 10.2. The molecule has 8 heteroatoms. The van der Waals surface area contributed by atoms with Crippen molar-refractivity contribution < 1.29 is 18.0 Å². The average molecular weight is 398 g/mol. The summed E-state index contributed by atoms with van der Waals surface area (Å²) in [6, 6.07) is 7.19. The van der Waals surface area contributed by atoms with Crippen molar-refractivity contribution in [3.63, 3.8) is 0 Å². The molecule has 1 saturated heterocycles. The summed E-state index contributed by atoms with van der Waals surface area (Å²) < 4.78 is 32.4. The first-order valence-corrected chi connectivity index (χ1v) is 9.43. The minimum atomic E-state index is -0.712. The van der Waals surface area contributed by atoms with Gasteiger partial charge in [-0.25, -0.2) is 13.8 Å². The van der Waals surface area contributed by atoms with Crippen molar-refractivity contribution in [1.82, 2.24) is 14.9 Å². The van der Waals surface area contributed by atoms with E-state index in [4.69, 9.17) is 4.42 Å². The van der Waals surface area contributed by atoms with Gasteiger partial charge in [-0.1, -0.05) is 0 Å². The van der Waals surface area contributed by atoms with Crippen LogP contribution in [0.25, 0.3) is 11.3 Å². The summed E-state index contributed by atoms with van der Waals surface area (Å²) in [6.07, 6.45) is 5.50. The lowest BCUT2D eigenvalue weighted by molar-refractivity contribution is -0.131. The first kappa shape index (κ1) is 19.0. The molecule has 2 aromatic heterocycles. The van der Waals surface area contributed by atoms with E-state index in [0.717, 1.165) is 30.9 Å². The summed E-state index contributed by atoms with van der Waals surface area (Å²) in [4.78, 5) is 24.7. The molecule has 0 radical (unpaired) electrons. The van der Waals surface area contributed by atoms with E-state index in [0.29, 0.717) is 25.4 Å². The molecular weight excluding hydrogens is 378 g/mol. The first-order chi connectivity index (χ1) is 14.1. The predicted octanol–water partition coefficient (Wildman–Crippen LogP) is 3.30. The van der Waals surface area contributed by atoms with Gasteiger partial charge in [0.15, 0.2) is 11.7 Å². The molecular formula is C21H20F2N4O2. The topological polar surface area (TPSA) is 62.5 Å². The molecule has 0 N–H and O–H groups in total. The van der Waals surface area contributed by atoms with E-state index < -0.39 is 11.6 Å². The van der Waals surface area contributed by atoms with Crippen LogP contribution >= 0.6 is 0 Å². The van der Waals surface area contributed by atoms with Gasteiger partial charge in [0.05, 0.1) is 11.8 Å². The van der Waals surface area contributed by atoms with Crippen LogP contribution in [-0.4, -0.2) is 47.0 Å². The fourth-order valence-corrected chi connectivity index (χ4v) is 3.38. The van der Waals surface area contributed by atoms with Gasteiger partial charge in [-0.3, -0.25) is 9.78 Å². The summed E-state index contributed by atoms with van der Waals surface area (Å²) in [6.45, 7) is 2.84. The molecule has 0 atom stereocenters. The van der Waals surface area contributed by atoms with E-state index in [1.807, 2.05) is 17.0 Å². The largest absolute Gasteiger partial charge is 0.441 e. The molecule has 1 aromatic carbocycles. The Morgan fingerprint density at radius 3 is 2.55 bits per heavy atom. The predicted molar refractivity (Wildman–Crippen MR) is 103 cm³/mol. The van der Waals surface area contributed by atoms with Gasteiger partial charge in [0.1, 0.15) is 11.6 Å². The maximum atomic E-state index is 13.9. The van der Waals surface area contributed by atoms with Gasteiger partial charge in [0.25, 0.3) is 0 Å². The van der Waals surface area contributed by atoms with Crippen molar-refractivity contribution in [3.8, 4) is 11.3 Å². The average Bonchev–Trinajstić information content (AvgIpc) is 3.21.